The average Bonchev–Trinajstić information content (AvgIpc) is 3.37. The van der Waals surface area contributed by atoms with E-state index in [0.717, 1.165) is 0 Å². The molecule has 0 saturated heterocycles. The summed E-state index contributed by atoms with van der Waals surface area (Å²) in [4.78, 5) is 29.4. The van der Waals surface area contributed by atoms with Crippen LogP contribution in [0.3, 0.4) is 0 Å². The van der Waals surface area contributed by atoms with Gasteiger partial charge in [0.05, 0.1) is 29.9 Å². The number of para-hydroxylation sites is 3. The largest absolute Gasteiger partial charge is 0.495 e. The highest BCUT2D eigenvalue weighted by Gasteiger charge is 2.36. The number of non-ortho nitro benzene ring substituents is 1. The number of amides is 1. The van der Waals surface area contributed by atoms with Crippen LogP contribution < -0.4 is 20.1 Å². The molecule has 1 aliphatic rings. The van der Waals surface area contributed by atoms with E-state index in [1.165, 1.54) is 19.2 Å². The standard InChI is InChI=1S/C28H26N6O5/c1-4-39-22-14-7-5-12-20(22)25-24(27(35)30-21-13-6-8-15-23(21)38-3)17(2)29-28-31-26(32-33(25)28)18-10-9-11-19(16-18)34(36)37/h5-16,25H,4H2,1-3H3,(H,30,35)(H,29,31,32). The third kappa shape index (κ3) is 4.89. The molecule has 2 N–H and O–H groups in total. The molecular formula is C28H26N6O5. The maximum Gasteiger partial charge on any atom is 0.270 e. The third-order valence-corrected chi connectivity index (χ3v) is 6.28. The van der Waals surface area contributed by atoms with E-state index in [2.05, 4.69) is 15.6 Å². The first-order valence-corrected chi connectivity index (χ1v) is 12.3. The molecule has 0 radical (unpaired) electrons. The quantitative estimate of drug-likeness (QED) is 0.237. The summed E-state index contributed by atoms with van der Waals surface area (Å²) in [5, 5.41) is 22.2. The molecule has 1 aromatic heterocycles. The number of hydrogen-bond donors (Lipinski definition) is 2. The Labute approximate surface area is 224 Å². The maximum absolute atomic E-state index is 13.9. The van der Waals surface area contributed by atoms with Gasteiger partial charge in [0.15, 0.2) is 5.82 Å². The number of allylic oxidation sites excluding steroid dienone is 1. The summed E-state index contributed by atoms with van der Waals surface area (Å²) >= 11 is 0. The van der Waals surface area contributed by atoms with Gasteiger partial charge < -0.3 is 20.1 Å². The van der Waals surface area contributed by atoms with Gasteiger partial charge in [-0.3, -0.25) is 14.9 Å². The summed E-state index contributed by atoms with van der Waals surface area (Å²) in [5.74, 6) is 1.42. The molecule has 0 fully saturated rings. The van der Waals surface area contributed by atoms with Gasteiger partial charge in [-0.15, -0.1) is 5.10 Å². The highest BCUT2D eigenvalue weighted by molar-refractivity contribution is 6.06. The number of benzene rings is 3. The second-order valence-electron chi connectivity index (χ2n) is 8.70. The topological polar surface area (TPSA) is 133 Å². The zero-order chi connectivity index (χ0) is 27.5. The van der Waals surface area contributed by atoms with Crippen molar-refractivity contribution in [1.82, 2.24) is 14.8 Å². The monoisotopic (exact) mass is 526 g/mol. The molecule has 0 aliphatic carbocycles. The van der Waals surface area contributed by atoms with E-state index in [-0.39, 0.29) is 17.4 Å². The second kappa shape index (κ2) is 10.7. The van der Waals surface area contributed by atoms with Crippen LogP contribution in [0.2, 0.25) is 0 Å². The summed E-state index contributed by atoms with van der Waals surface area (Å²) in [6.07, 6.45) is 0. The molecule has 11 heteroatoms. The molecule has 2 heterocycles. The Kier molecular flexibility index (Phi) is 6.96. The Morgan fingerprint density at radius 2 is 1.85 bits per heavy atom. The van der Waals surface area contributed by atoms with Crippen molar-refractivity contribution in [2.45, 2.75) is 19.9 Å². The Balaban J connectivity index is 1.64. The lowest BCUT2D eigenvalue weighted by molar-refractivity contribution is -0.384. The van der Waals surface area contributed by atoms with Gasteiger partial charge in [0.25, 0.3) is 11.6 Å². The minimum absolute atomic E-state index is 0.0716. The highest BCUT2D eigenvalue weighted by Crippen LogP contribution is 2.40. The van der Waals surface area contributed by atoms with Crippen LogP contribution in [-0.4, -0.2) is 39.3 Å². The van der Waals surface area contributed by atoms with Crippen LogP contribution in [-0.2, 0) is 4.79 Å². The SMILES string of the molecule is CCOc1ccccc1C1C(C(=O)Nc2ccccc2OC)=C(C)Nc2nc(-c3cccc([N+](=O)[O-])c3)nn21. The Hall–Kier alpha value is -5.19. The lowest BCUT2D eigenvalue weighted by Crippen LogP contribution is -2.31. The van der Waals surface area contributed by atoms with Crippen molar-refractivity contribution in [1.29, 1.82) is 0 Å². The number of anilines is 2. The number of fused-ring (bicyclic) bond motifs is 1. The van der Waals surface area contributed by atoms with Gasteiger partial charge in [-0.05, 0) is 32.0 Å². The second-order valence-corrected chi connectivity index (χ2v) is 8.70. The molecule has 1 atom stereocenters. The van der Waals surface area contributed by atoms with Crippen LogP contribution >= 0.6 is 0 Å². The van der Waals surface area contributed by atoms with Gasteiger partial charge in [0, 0.05) is 29.0 Å². The predicted octanol–water partition coefficient (Wildman–Crippen LogP) is 5.19. The van der Waals surface area contributed by atoms with E-state index in [4.69, 9.17) is 14.6 Å². The molecule has 1 aliphatic heterocycles. The first-order valence-electron chi connectivity index (χ1n) is 12.3. The van der Waals surface area contributed by atoms with Crippen molar-refractivity contribution in [3.05, 3.63) is 99.7 Å². The number of hydrogen-bond acceptors (Lipinski definition) is 8. The number of aromatic nitrogens is 3. The fraction of sp³-hybridized carbons (Fsp3) is 0.179. The molecule has 0 bridgehead atoms. The number of rotatable bonds is 8. The van der Waals surface area contributed by atoms with Crippen LogP contribution in [0.15, 0.2) is 84.1 Å². The van der Waals surface area contributed by atoms with Crippen molar-refractivity contribution in [3.8, 4) is 22.9 Å². The minimum Gasteiger partial charge on any atom is -0.495 e. The number of nitro groups is 1. The van der Waals surface area contributed by atoms with E-state index in [9.17, 15) is 14.9 Å². The summed E-state index contributed by atoms with van der Waals surface area (Å²) < 4.78 is 12.9. The normalized spacial score (nSPS) is 14.3. The van der Waals surface area contributed by atoms with Gasteiger partial charge >= 0.3 is 0 Å². The molecule has 1 amide bonds. The van der Waals surface area contributed by atoms with E-state index in [1.54, 1.807) is 41.9 Å². The van der Waals surface area contributed by atoms with Crippen molar-refractivity contribution in [2.24, 2.45) is 0 Å². The number of nitrogens with zero attached hydrogens (tertiary/aromatic N) is 4. The number of methoxy groups -OCH3 is 1. The van der Waals surface area contributed by atoms with Crippen LogP contribution in [0.5, 0.6) is 11.5 Å². The highest BCUT2D eigenvalue weighted by atomic mass is 16.6. The minimum atomic E-state index is -0.710. The average molecular weight is 527 g/mol. The first kappa shape index (κ1) is 25.5. The van der Waals surface area contributed by atoms with Crippen molar-refractivity contribution in [2.75, 3.05) is 24.4 Å². The molecule has 3 aromatic carbocycles. The maximum atomic E-state index is 13.9. The van der Waals surface area contributed by atoms with Gasteiger partial charge in [0.2, 0.25) is 5.95 Å². The Bertz CT molecular complexity index is 1590. The zero-order valence-corrected chi connectivity index (χ0v) is 21.5. The van der Waals surface area contributed by atoms with E-state index >= 15 is 0 Å². The number of carbonyl (C=O) groups is 1. The van der Waals surface area contributed by atoms with E-state index in [0.29, 0.717) is 52.1 Å². The summed E-state index contributed by atoms with van der Waals surface area (Å²) in [5.41, 5.74) is 2.60. The first-order chi connectivity index (χ1) is 18.9. The van der Waals surface area contributed by atoms with Crippen molar-refractivity contribution in [3.63, 3.8) is 0 Å². The van der Waals surface area contributed by atoms with Crippen LogP contribution in [0.1, 0.15) is 25.5 Å². The molecule has 0 spiro atoms. The predicted molar refractivity (Wildman–Crippen MR) is 146 cm³/mol. The molecule has 4 aromatic rings. The number of nitrogens with one attached hydrogen (secondary N) is 2. The lowest BCUT2D eigenvalue weighted by atomic mass is 9.94. The molecule has 198 valence electrons. The van der Waals surface area contributed by atoms with Gasteiger partial charge in [-0.2, -0.15) is 4.98 Å². The molecule has 5 rings (SSSR count). The van der Waals surface area contributed by atoms with Crippen LogP contribution in [0.4, 0.5) is 17.3 Å². The summed E-state index contributed by atoms with van der Waals surface area (Å²) in [6.45, 7) is 4.10. The zero-order valence-electron chi connectivity index (χ0n) is 21.5. The summed E-state index contributed by atoms with van der Waals surface area (Å²) in [7, 11) is 1.54. The Morgan fingerprint density at radius 1 is 1.10 bits per heavy atom. The summed E-state index contributed by atoms with van der Waals surface area (Å²) in [6, 6.07) is 20.0. The smallest absolute Gasteiger partial charge is 0.270 e. The van der Waals surface area contributed by atoms with Crippen LogP contribution in [0, 0.1) is 10.1 Å². The number of ether oxygens (including phenoxy) is 2. The number of nitro benzene ring substituents is 1. The fourth-order valence-electron chi connectivity index (χ4n) is 4.54. The van der Waals surface area contributed by atoms with E-state index < -0.39 is 11.0 Å². The van der Waals surface area contributed by atoms with Crippen LogP contribution in [0.25, 0.3) is 11.4 Å². The van der Waals surface area contributed by atoms with Gasteiger partial charge in [-0.1, -0.05) is 42.5 Å². The lowest BCUT2D eigenvalue weighted by Gasteiger charge is -2.29. The van der Waals surface area contributed by atoms with E-state index in [1.807, 2.05) is 37.3 Å². The van der Waals surface area contributed by atoms with Gasteiger partial charge in [0.1, 0.15) is 17.5 Å². The third-order valence-electron chi connectivity index (χ3n) is 6.28. The van der Waals surface area contributed by atoms with Gasteiger partial charge in [-0.25, -0.2) is 4.68 Å². The molecule has 11 nitrogen and oxygen atoms in total. The molecule has 0 saturated carbocycles. The van der Waals surface area contributed by atoms with Crippen molar-refractivity contribution < 1.29 is 19.2 Å². The molecule has 39 heavy (non-hydrogen) atoms. The molecular weight excluding hydrogens is 500 g/mol. The Morgan fingerprint density at radius 3 is 2.59 bits per heavy atom. The van der Waals surface area contributed by atoms with Crippen molar-refractivity contribution >= 4 is 23.2 Å². The molecule has 1 unspecified atom stereocenters. The fourth-order valence-corrected chi connectivity index (χ4v) is 4.54. The number of carbonyl (C=O) groups excluding carboxylic acids is 1.